The van der Waals surface area contributed by atoms with Crippen molar-refractivity contribution in [1.82, 2.24) is 10.2 Å². The van der Waals surface area contributed by atoms with Crippen LogP contribution in [0.25, 0.3) is 0 Å². The molecule has 1 saturated carbocycles. The molecule has 0 bridgehead atoms. The standard InChI is InChI=1S/C24H25F3N2O3.Na/c25-24(26,27)19-8-4-16(5-9-19)15-29-14-2-1-3-20(29)21(30)28-23(12-13-23)18-10-6-17(7-11-18)22(31)32;/h4-11,20H,1-3,12-15H2,(H,28,30)(H,31,32);/q;+1/p-1/t20-;/m1./s1. The van der Waals surface area contributed by atoms with Crippen LogP contribution in [0.15, 0.2) is 48.5 Å². The average molecular weight is 468 g/mol. The number of carbonyl (C=O) groups excluding carboxylic acids is 2. The van der Waals surface area contributed by atoms with Crippen LogP contribution in [0.1, 0.15) is 59.2 Å². The minimum absolute atomic E-state index is 0. The minimum Gasteiger partial charge on any atom is -0.545 e. The van der Waals surface area contributed by atoms with Crippen LogP contribution in [-0.4, -0.2) is 29.4 Å². The first kappa shape index (κ1) is 25.7. The van der Waals surface area contributed by atoms with Gasteiger partial charge in [-0.3, -0.25) is 9.69 Å². The summed E-state index contributed by atoms with van der Waals surface area (Å²) in [4.78, 5) is 26.2. The van der Waals surface area contributed by atoms with Gasteiger partial charge in [0, 0.05) is 6.54 Å². The normalized spacial score (nSPS) is 19.9. The molecule has 2 fully saturated rings. The Morgan fingerprint density at radius 2 is 1.67 bits per heavy atom. The third-order valence-electron chi connectivity index (χ3n) is 6.37. The Bertz CT molecular complexity index is 990. The molecule has 4 rings (SSSR count). The predicted octanol–water partition coefficient (Wildman–Crippen LogP) is 0.233. The summed E-state index contributed by atoms with van der Waals surface area (Å²) >= 11 is 0. The van der Waals surface area contributed by atoms with Gasteiger partial charge in [0.1, 0.15) is 0 Å². The monoisotopic (exact) mass is 468 g/mol. The summed E-state index contributed by atoms with van der Waals surface area (Å²) in [6.07, 6.45) is -0.296. The van der Waals surface area contributed by atoms with Crippen molar-refractivity contribution in [3.63, 3.8) is 0 Å². The molecule has 0 aromatic heterocycles. The number of likely N-dealkylation sites (tertiary alicyclic amines) is 1. The number of amides is 1. The molecule has 1 aliphatic heterocycles. The van der Waals surface area contributed by atoms with Gasteiger partial charge >= 0.3 is 35.7 Å². The van der Waals surface area contributed by atoms with E-state index >= 15 is 0 Å². The maximum Gasteiger partial charge on any atom is 1.00 e. The molecule has 1 saturated heterocycles. The number of rotatable bonds is 6. The Kier molecular flexibility index (Phi) is 7.94. The van der Waals surface area contributed by atoms with Gasteiger partial charge in [-0.05, 0) is 61.1 Å². The van der Waals surface area contributed by atoms with E-state index in [2.05, 4.69) is 5.32 Å². The summed E-state index contributed by atoms with van der Waals surface area (Å²) in [6, 6.07) is 11.1. The number of piperidine rings is 1. The topological polar surface area (TPSA) is 72.5 Å². The molecule has 1 N–H and O–H groups in total. The van der Waals surface area contributed by atoms with Crippen LogP contribution >= 0.6 is 0 Å². The smallest absolute Gasteiger partial charge is 0.545 e. The minimum atomic E-state index is -4.37. The van der Waals surface area contributed by atoms with Crippen LogP contribution < -0.4 is 40.0 Å². The summed E-state index contributed by atoms with van der Waals surface area (Å²) in [5.41, 5.74) is 0.511. The summed E-state index contributed by atoms with van der Waals surface area (Å²) in [5.74, 6) is -1.34. The van der Waals surface area contributed by atoms with Crippen LogP contribution in [0.5, 0.6) is 0 Å². The van der Waals surface area contributed by atoms with E-state index in [1.807, 2.05) is 4.90 Å². The maximum absolute atomic E-state index is 13.2. The Morgan fingerprint density at radius 1 is 1.03 bits per heavy atom. The van der Waals surface area contributed by atoms with Crippen LogP contribution in [0.4, 0.5) is 13.2 Å². The van der Waals surface area contributed by atoms with Crippen molar-refractivity contribution in [2.45, 2.75) is 56.4 Å². The molecule has 1 aliphatic carbocycles. The van der Waals surface area contributed by atoms with E-state index in [1.165, 1.54) is 24.3 Å². The Hall–Kier alpha value is -1.87. The first-order chi connectivity index (χ1) is 15.2. The number of hydrogen-bond acceptors (Lipinski definition) is 4. The van der Waals surface area contributed by atoms with Gasteiger partial charge in [-0.1, -0.05) is 42.8 Å². The van der Waals surface area contributed by atoms with Gasteiger partial charge in [0.2, 0.25) is 5.91 Å². The third-order valence-corrected chi connectivity index (χ3v) is 6.37. The molecule has 0 radical (unpaired) electrons. The number of benzene rings is 2. The van der Waals surface area contributed by atoms with Gasteiger partial charge in [0.05, 0.1) is 23.1 Å². The molecule has 5 nitrogen and oxygen atoms in total. The average Bonchev–Trinajstić information content (AvgIpc) is 3.54. The van der Waals surface area contributed by atoms with Gasteiger partial charge in [0.25, 0.3) is 0 Å². The Labute approximate surface area is 212 Å². The van der Waals surface area contributed by atoms with E-state index in [0.29, 0.717) is 19.5 Å². The molecular formula is C24H24F3N2NaO3. The molecule has 0 unspecified atom stereocenters. The fourth-order valence-electron chi connectivity index (χ4n) is 4.37. The number of carboxylic acid groups (broad SMARTS) is 1. The van der Waals surface area contributed by atoms with Crippen molar-refractivity contribution in [1.29, 1.82) is 0 Å². The second-order valence-electron chi connectivity index (χ2n) is 8.61. The number of halogens is 3. The van der Waals surface area contributed by atoms with E-state index in [9.17, 15) is 27.9 Å². The zero-order chi connectivity index (χ0) is 22.9. The molecule has 1 heterocycles. The van der Waals surface area contributed by atoms with Crippen molar-refractivity contribution in [3.8, 4) is 0 Å². The molecule has 0 spiro atoms. The molecule has 2 aromatic rings. The van der Waals surface area contributed by atoms with Gasteiger partial charge in [0.15, 0.2) is 0 Å². The predicted molar refractivity (Wildman–Crippen MR) is 109 cm³/mol. The van der Waals surface area contributed by atoms with Crippen molar-refractivity contribution in [2.24, 2.45) is 0 Å². The van der Waals surface area contributed by atoms with Crippen molar-refractivity contribution in [2.75, 3.05) is 6.54 Å². The second kappa shape index (κ2) is 10.2. The summed E-state index contributed by atoms with van der Waals surface area (Å²) in [7, 11) is 0. The maximum atomic E-state index is 13.2. The zero-order valence-electron chi connectivity index (χ0n) is 18.5. The van der Waals surface area contributed by atoms with Crippen molar-refractivity contribution >= 4 is 11.9 Å². The summed E-state index contributed by atoms with van der Waals surface area (Å²) in [5, 5.41) is 14.1. The largest absolute Gasteiger partial charge is 1.00 e. The molecular weight excluding hydrogens is 444 g/mol. The van der Waals surface area contributed by atoms with Gasteiger partial charge < -0.3 is 15.2 Å². The molecule has 170 valence electrons. The van der Waals surface area contributed by atoms with E-state index < -0.39 is 23.2 Å². The number of carboxylic acids is 1. The summed E-state index contributed by atoms with van der Waals surface area (Å²) < 4.78 is 38.4. The van der Waals surface area contributed by atoms with Crippen molar-refractivity contribution in [3.05, 3.63) is 70.8 Å². The first-order valence-electron chi connectivity index (χ1n) is 10.7. The van der Waals surface area contributed by atoms with Gasteiger partial charge in [-0.15, -0.1) is 0 Å². The van der Waals surface area contributed by atoms with E-state index in [0.717, 1.165) is 48.9 Å². The molecule has 2 aromatic carbocycles. The van der Waals surface area contributed by atoms with Crippen LogP contribution in [0.3, 0.4) is 0 Å². The zero-order valence-corrected chi connectivity index (χ0v) is 20.5. The number of alkyl halides is 3. The number of nitrogens with zero attached hydrogens (tertiary/aromatic N) is 1. The Balaban J connectivity index is 0.00000306. The quantitative estimate of drug-likeness (QED) is 0.617. The number of aromatic carboxylic acids is 1. The number of nitrogens with one attached hydrogen (secondary N) is 1. The number of hydrogen-bond donors (Lipinski definition) is 1. The van der Waals surface area contributed by atoms with Gasteiger partial charge in [-0.25, -0.2) is 0 Å². The van der Waals surface area contributed by atoms with Gasteiger partial charge in [-0.2, -0.15) is 13.2 Å². The second-order valence-corrected chi connectivity index (χ2v) is 8.61. The molecule has 33 heavy (non-hydrogen) atoms. The SMILES string of the molecule is O=C([O-])c1ccc(C2(NC(=O)[C@H]3CCCCN3Cc3ccc(C(F)(F)F)cc3)CC2)cc1.[Na+]. The van der Waals surface area contributed by atoms with E-state index in [-0.39, 0.29) is 47.1 Å². The first-order valence-corrected chi connectivity index (χ1v) is 10.7. The van der Waals surface area contributed by atoms with Crippen LogP contribution in [0, 0.1) is 0 Å². The molecule has 1 amide bonds. The van der Waals surface area contributed by atoms with E-state index in [1.54, 1.807) is 12.1 Å². The Morgan fingerprint density at radius 3 is 2.21 bits per heavy atom. The van der Waals surface area contributed by atoms with E-state index in [4.69, 9.17) is 0 Å². The van der Waals surface area contributed by atoms with Crippen LogP contribution in [0.2, 0.25) is 0 Å². The molecule has 1 atom stereocenters. The van der Waals surface area contributed by atoms with Crippen molar-refractivity contribution < 1.29 is 57.4 Å². The fraction of sp³-hybridized carbons (Fsp3) is 0.417. The fourth-order valence-corrected chi connectivity index (χ4v) is 4.37. The summed E-state index contributed by atoms with van der Waals surface area (Å²) in [6.45, 7) is 1.11. The molecule has 9 heteroatoms. The van der Waals surface area contributed by atoms with Crippen LogP contribution in [-0.2, 0) is 23.1 Å². The molecule has 2 aliphatic rings. The third kappa shape index (κ3) is 5.98. The number of carbonyl (C=O) groups is 2.